The third-order valence-electron chi connectivity index (χ3n) is 7.44. The third kappa shape index (κ3) is 5.90. The summed E-state index contributed by atoms with van der Waals surface area (Å²) >= 11 is 1.26. The van der Waals surface area contributed by atoms with E-state index in [1.165, 1.54) is 23.6 Å². The van der Waals surface area contributed by atoms with Gasteiger partial charge in [0.1, 0.15) is 0 Å². The lowest BCUT2D eigenvalue weighted by Gasteiger charge is -2.35. The van der Waals surface area contributed by atoms with Crippen LogP contribution in [-0.4, -0.2) is 48.6 Å². The van der Waals surface area contributed by atoms with Gasteiger partial charge in [-0.05, 0) is 55.7 Å². The smallest absolute Gasteiger partial charge is 0.346 e. The Hall–Kier alpha value is -2.47. The molecule has 2 aliphatic rings. The van der Waals surface area contributed by atoms with E-state index in [1.807, 2.05) is 13.8 Å². The monoisotopic (exact) mass is 571 g/mol. The number of nitrogens with zero attached hydrogens (tertiary/aromatic N) is 2. The number of amides is 2. The van der Waals surface area contributed by atoms with Crippen LogP contribution in [0.5, 0.6) is 0 Å². The van der Waals surface area contributed by atoms with E-state index in [2.05, 4.69) is 10.3 Å². The quantitative estimate of drug-likeness (QED) is 0.459. The molecule has 0 saturated heterocycles. The molecule has 0 aromatic carbocycles. The average Bonchev–Trinajstić information content (AvgIpc) is 3.41. The molecule has 12 heteroatoms. The number of sulfone groups is 1. The molecule has 0 bridgehead atoms. The summed E-state index contributed by atoms with van der Waals surface area (Å²) in [7, 11) is -3.36. The van der Waals surface area contributed by atoms with E-state index >= 15 is 0 Å². The Morgan fingerprint density at radius 3 is 2.45 bits per heavy atom. The number of pyridine rings is 1. The highest BCUT2D eigenvalue weighted by Gasteiger charge is 2.44. The Morgan fingerprint density at radius 1 is 1.21 bits per heavy atom. The number of halogens is 3. The lowest BCUT2D eigenvalue weighted by Crippen LogP contribution is -2.37. The number of hydrogen-bond acceptors (Lipinski definition) is 6. The summed E-state index contributed by atoms with van der Waals surface area (Å²) in [5.41, 5.74) is 0.982. The minimum Gasteiger partial charge on any atom is -0.346 e. The zero-order valence-electron chi connectivity index (χ0n) is 21.5. The van der Waals surface area contributed by atoms with Crippen molar-refractivity contribution in [1.29, 1.82) is 0 Å². The van der Waals surface area contributed by atoms with E-state index in [0.29, 0.717) is 35.5 Å². The fourth-order valence-electron chi connectivity index (χ4n) is 5.26. The molecule has 1 fully saturated rings. The van der Waals surface area contributed by atoms with E-state index in [0.717, 1.165) is 4.88 Å². The average molecular weight is 572 g/mol. The molecule has 4 rings (SSSR count). The summed E-state index contributed by atoms with van der Waals surface area (Å²) in [4.78, 5) is 33.4. The molecule has 2 amide bonds. The summed E-state index contributed by atoms with van der Waals surface area (Å²) < 4.78 is 63.0. The fourth-order valence-corrected chi connectivity index (χ4v) is 7.44. The minimum absolute atomic E-state index is 0.0273. The zero-order valence-corrected chi connectivity index (χ0v) is 23.2. The second-order valence-electron chi connectivity index (χ2n) is 10.4. The number of alkyl halides is 3. The van der Waals surface area contributed by atoms with Crippen molar-refractivity contribution < 1.29 is 31.2 Å². The minimum atomic E-state index is -4.16. The van der Waals surface area contributed by atoms with E-state index in [9.17, 15) is 31.2 Å². The van der Waals surface area contributed by atoms with Crippen LogP contribution < -0.4 is 5.32 Å². The second kappa shape index (κ2) is 11.0. The molecule has 2 aromatic heterocycles. The molecule has 7 nitrogen and oxygen atoms in total. The Labute approximate surface area is 224 Å². The number of aromatic nitrogens is 1. The summed E-state index contributed by atoms with van der Waals surface area (Å²) in [6, 6.07) is 4.38. The second-order valence-corrected chi connectivity index (χ2v) is 13.7. The van der Waals surface area contributed by atoms with Gasteiger partial charge in [0.2, 0.25) is 0 Å². The number of rotatable bonds is 8. The topological polar surface area (TPSA) is 96.4 Å². The van der Waals surface area contributed by atoms with Gasteiger partial charge in [-0.25, -0.2) is 8.42 Å². The first-order valence-electron chi connectivity index (χ1n) is 12.8. The highest BCUT2D eigenvalue weighted by Crippen LogP contribution is 2.46. The zero-order chi connectivity index (χ0) is 27.8. The predicted octanol–water partition coefficient (Wildman–Crippen LogP) is 5.39. The highest BCUT2D eigenvalue weighted by atomic mass is 32.2. The molecule has 1 N–H and O–H groups in total. The molecule has 2 aromatic rings. The summed E-state index contributed by atoms with van der Waals surface area (Å²) in [5.74, 6) is -1.72. The van der Waals surface area contributed by atoms with Gasteiger partial charge < -0.3 is 10.2 Å². The van der Waals surface area contributed by atoms with Crippen molar-refractivity contribution in [2.24, 2.45) is 17.8 Å². The fraction of sp³-hybridized carbons (Fsp3) is 0.577. The van der Waals surface area contributed by atoms with Gasteiger partial charge in [-0.1, -0.05) is 20.8 Å². The molecule has 1 aliphatic carbocycles. The molecular weight excluding hydrogens is 539 g/mol. The Kier molecular flexibility index (Phi) is 8.23. The Morgan fingerprint density at radius 2 is 1.89 bits per heavy atom. The van der Waals surface area contributed by atoms with Crippen LogP contribution in [0.3, 0.4) is 0 Å². The lowest BCUT2D eigenvalue weighted by atomic mass is 9.81. The van der Waals surface area contributed by atoms with Crippen LogP contribution in [0.1, 0.15) is 83.1 Å². The summed E-state index contributed by atoms with van der Waals surface area (Å²) in [6.07, 6.45) is -1.80. The molecule has 0 radical (unpaired) electrons. The van der Waals surface area contributed by atoms with Gasteiger partial charge in [0, 0.05) is 17.6 Å². The molecule has 1 atom stereocenters. The van der Waals surface area contributed by atoms with Crippen LogP contribution in [0.4, 0.5) is 13.2 Å². The van der Waals surface area contributed by atoms with E-state index in [-0.39, 0.29) is 59.7 Å². The number of nitrogens with one attached hydrogen (secondary N) is 1. The van der Waals surface area contributed by atoms with Gasteiger partial charge in [0.25, 0.3) is 11.8 Å². The van der Waals surface area contributed by atoms with Crippen LogP contribution in [-0.2, 0) is 16.4 Å². The lowest BCUT2D eigenvalue weighted by molar-refractivity contribution is -0.184. The highest BCUT2D eigenvalue weighted by molar-refractivity contribution is 7.91. The van der Waals surface area contributed by atoms with Gasteiger partial charge in [-0.3, -0.25) is 14.6 Å². The van der Waals surface area contributed by atoms with Crippen molar-refractivity contribution in [3.05, 3.63) is 45.4 Å². The Bertz CT molecular complexity index is 1280. The molecule has 38 heavy (non-hydrogen) atoms. The largest absolute Gasteiger partial charge is 0.391 e. The van der Waals surface area contributed by atoms with Crippen LogP contribution in [0.15, 0.2) is 29.3 Å². The summed E-state index contributed by atoms with van der Waals surface area (Å²) in [6.45, 7) is 6.06. The van der Waals surface area contributed by atoms with Crippen LogP contribution >= 0.6 is 11.3 Å². The molecule has 1 aliphatic heterocycles. The predicted molar refractivity (Wildman–Crippen MR) is 138 cm³/mol. The van der Waals surface area contributed by atoms with Gasteiger partial charge in [-0.2, -0.15) is 13.2 Å². The molecule has 0 unspecified atom stereocenters. The van der Waals surface area contributed by atoms with Gasteiger partial charge in [0.05, 0.1) is 45.3 Å². The van der Waals surface area contributed by atoms with Crippen molar-refractivity contribution in [1.82, 2.24) is 15.2 Å². The van der Waals surface area contributed by atoms with Crippen molar-refractivity contribution >= 4 is 33.0 Å². The first-order valence-corrected chi connectivity index (χ1v) is 15.3. The number of carbonyl (C=O) groups is 2. The number of hydrogen-bond donors (Lipinski definition) is 1. The van der Waals surface area contributed by atoms with Crippen LogP contribution in [0, 0.1) is 17.8 Å². The Balaban J connectivity index is 1.40. The standard InChI is InChI=1S/C26H32F3N3O4S2/c1-4-38(35,36)19-10-9-18(30-13-19)12-31-24(33)21-11-20-23(37-21)22(15(2)3)32(25(20)34)14-16-5-7-17(8-6-16)26(27,28)29/h9-11,13,15-17,22H,4-8,12,14H2,1-3H3,(H,31,33)/t16?,17?,22-/m1/s1. The SMILES string of the molecule is CCS(=O)(=O)c1ccc(CNC(=O)c2cc3c(s2)[C@@H](C(C)C)N(CC2CCC(C(F)(F)F)CC2)C3=O)nc1. The van der Waals surface area contributed by atoms with Gasteiger partial charge in [-0.15, -0.1) is 11.3 Å². The van der Waals surface area contributed by atoms with Gasteiger partial charge in [0.15, 0.2) is 9.84 Å². The molecule has 1 saturated carbocycles. The first-order chi connectivity index (χ1) is 17.8. The number of thiophene rings is 1. The maximum absolute atomic E-state index is 13.3. The first kappa shape index (κ1) is 28.5. The normalized spacial score (nSPS) is 22.1. The van der Waals surface area contributed by atoms with E-state index in [1.54, 1.807) is 24.0 Å². The molecule has 3 heterocycles. The van der Waals surface area contributed by atoms with Gasteiger partial charge >= 0.3 is 6.18 Å². The summed E-state index contributed by atoms with van der Waals surface area (Å²) in [5, 5.41) is 2.77. The molecule has 0 spiro atoms. The van der Waals surface area contributed by atoms with Crippen molar-refractivity contribution in [2.75, 3.05) is 12.3 Å². The molecule has 208 valence electrons. The van der Waals surface area contributed by atoms with E-state index < -0.39 is 21.9 Å². The number of carbonyl (C=O) groups excluding carboxylic acids is 2. The van der Waals surface area contributed by atoms with Crippen molar-refractivity contribution in [2.45, 2.75) is 70.1 Å². The maximum Gasteiger partial charge on any atom is 0.391 e. The number of fused-ring (bicyclic) bond motifs is 1. The van der Waals surface area contributed by atoms with Crippen LogP contribution in [0.25, 0.3) is 0 Å². The molecular formula is C26H32F3N3O4S2. The van der Waals surface area contributed by atoms with Crippen LogP contribution in [0.2, 0.25) is 0 Å². The third-order valence-corrected chi connectivity index (χ3v) is 10.4. The maximum atomic E-state index is 13.3. The van der Waals surface area contributed by atoms with Crippen molar-refractivity contribution in [3.63, 3.8) is 0 Å². The van der Waals surface area contributed by atoms with Crippen molar-refractivity contribution in [3.8, 4) is 0 Å². The van der Waals surface area contributed by atoms with E-state index in [4.69, 9.17) is 0 Å².